The Morgan fingerprint density at radius 1 is 1.00 bits per heavy atom. The van der Waals surface area contributed by atoms with Crippen LogP contribution in [0.5, 0.6) is 0 Å². The maximum absolute atomic E-state index is 11.8. The molecule has 0 saturated carbocycles. The van der Waals surface area contributed by atoms with Gasteiger partial charge in [0.25, 0.3) is 8.32 Å². The summed E-state index contributed by atoms with van der Waals surface area (Å²) in [6, 6.07) is 20.8. The fourth-order valence-corrected chi connectivity index (χ4v) is 8.63. The molecule has 166 valence electrons. The highest BCUT2D eigenvalue weighted by molar-refractivity contribution is 6.99. The molecule has 0 aliphatic rings. The van der Waals surface area contributed by atoms with Crippen LogP contribution >= 0.6 is 0 Å². The zero-order valence-corrected chi connectivity index (χ0v) is 20.0. The Balaban J connectivity index is 2.47. The average molecular weight is 439 g/mol. The number of aldehydes is 1. The Hall–Kier alpha value is -2.50. The second-order valence-electron chi connectivity index (χ2n) is 8.54. The number of benzene rings is 2. The van der Waals surface area contributed by atoms with E-state index >= 15 is 0 Å². The number of carbonyl (C=O) groups excluding carboxylic acids is 2. The lowest BCUT2D eigenvalue weighted by molar-refractivity contribution is -0.143. The number of hydrogen-bond donors (Lipinski definition) is 0. The second kappa shape index (κ2) is 11.8. The van der Waals surface area contributed by atoms with E-state index in [0.29, 0.717) is 25.9 Å². The van der Waals surface area contributed by atoms with Crippen molar-refractivity contribution >= 4 is 30.9 Å². The van der Waals surface area contributed by atoms with Gasteiger partial charge in [0.05, 0.1) is 12.7 Å². The van der Waals surface area contributed by atoms with Crippen LogP contribution in [0.1, 0.15) is 47.0 Å². The van der Waals surface area contributed by atoms with Crippen molar-refractivity contribution in [3.05, 3.63) is 72.8 Å². The summed E-state index contributed by atoms with van der Waals surface area (Å²) in [4.78, 5) is 22.9. The molecule has 0 fully saturated rings. The van der Waals surface area contributed by atoms with E-state index in [1.165, 1.54) is 16.4 Å². The van der Waals surface area contributed by atoms with E-state index in [9.17, 15) is 9.59 Å². The molecule has 0 aromatic heterocycles. The molecule has 0 amide bonds. The van der Waals surface area contributed by atoms with Gasteiger partial charge in [-0.25, -0.2) is 0 Å². The maximum atomic E-state index is 11.8. The van der Waals surface area contributed by atoms with Crippen molar-refractivity contribution in [3.8, 4) is 0 Å². The van der Waals surface area contributed by atoms with Gasteiger partial charge in [-0.3, -0.25) is 9.59 Å². The van der Waals surface area contributed by atoms with Gasteiger partial charge in [-0.05, 0) is 41.3 Å². The van der Waals surface area contributed by atoms with Gasteiger partial charge in [0.2, 0.25) is 0 Å². The van der Waals surface area contributed by atoms with Gasteiger partial charge in [0.1, 0.15) is 6.29 Å². The molecule has 0 aliphatic carbocycles. The van der Waals surface area contributed by atoms with Gasteiger partial charge in [-0.15, -0.1) is 0 Å². The highest BCUT2D eigenvalue weighted by Gasteiger charge is 2.51. The van der Waals surface area contributed by atoms with Gasteiger partial charge in [-0.2, -0.15) is 0 Å². The molecule has 0 saturated heterocycles. The van der Waals surface area contributed by atoms with Gasteiger partial charge >= 0.3 is 5.97 Å². The van der Waals surface area contributed by atoms with Crippen molar-refractivity contribution in [1.29, 1.82) is 0 Å². The van der Waals surface area contributed by atoms with Crippen LogP contribution in [0.4, 0.5) is 0 Å². The Morgan fingerprint density at radius 3 is 2.00 bits per heavy atom. The van der Waals surface area contributed by atoms with E-state index in [-0.39, 0.29) is 17.1 Å². The minimum absolute atomic E-state index is 0.163. The number of rotatable bonds is 11. The van der Waals surface area contributed by atoms with Crippen LogP contribution in [0.15, 0.2) is 72.8 Å². The van der Waals surface area contributed by atoms with E-state index in [0.717, 1.165) is 6.29 Å². The van der Waals surface area contributed by atoms with Crippen LogP contribution in [0.25, 0.3) is 0 Å². The minimum Gasteiger partial charge on any atom is -0.466 e. The monoisotopic (exact) mass is 438 g/mol. The molecule has 0 bridgehead atoms. The van der Waals surface area contributed by atoms with E-state index in [2.05, 4.69) is 45.0 Å². The van der Waals surface area contributed by atoms with Crippen LogP contribution in [0, 0.1) is 0 Å². The summed E-state index contributed by atoms with van der Waals surface area (Å²) >= 11 is 0. The third-order valence-corrected chi connectivity index (χ3v) is 10.4. The van der Waals surface area contributed by atoms with Crippen molar-refractivity contribution in [1.82, 2.24) is 0 Å². The van der Waals surface area contributed by atoms with Crippen LogP contribution in [-0.2, 0) is 18.8 Å². The van der Waals surface area contributed by atoms with Crippen LogP contribution in [-0.4, -0.2) is 33.3 Å². The van der Waals surface area contributed by atoms with Gasteiger partial charge in [0.15, 0.2) is 0 Å². The maximum Gasteiger partial charge on any atom is 0.305 e. The smallest absolute Gasteiger partial charge is 0.305 e. The van der Waals surface area contributed by atoms with Crippen LogP contribution in [0.3, 0.4) is 0 Å². The van der Waals surface area contributed by atoms with Gasteiger partial charge in [0, 0.05) is 6.42 Å². The fourth-order valence-electron chi connectivity index (χ4n) is 3.96. The Kier molecular flexibility index (Phi) is 9.40. The first-order chi connectivity index (χ1) is 14.8. The number of ether oxygens (including phenoxy) is 1. The van der Waals surface area contributed by atoms with Crippen LogP contribution in [0.2, 0.25) is 5.04 Å². The molecule has 5 heteroatoms. The minimum atomic E-state index is -2.74. The summed E-state index contributed by atoms with van der Waals surface area (Å²) < 4.78 is 12.1. The standard InChI is InChI=1S/C26H34O4Si/c1-5-29-25(28)20-12-14-22(15-13-21-27)30-31(26(2,3)4,23-16-8-6-9-17-23)24-18-10-7-11-19-24/h6-11,13,15-19,21-22H,5,12,14,20H2,1-4H3/b15-13+. The molecule has 2 rings (SSSR count). The molecule has 0 spiro atoms. The summed E-state index contributed by atoms with van der Waals surface area (Å²) in [5, 5.41) is 2.21. The SMILES string of the molecule is CCOC(=O)CCCC(/C=C/C=O)O[Si](c1ccccc1)(c1ccccc1)C(C)(C)C. The number of esters is 1. The zero-order chi connectivity index (χ0) is 22.7. The third kappa shape index (κ3) is 6.49. The lowest BCUT2D eigenvalue weighted by Crippen LogP contribution is -2.67. The molecule has 31 heavy (non-hydrogen) atoms. The van der Waals surface area contributed by atoms with Crippen molar-refractivity contribution < 1.29 is 18.8 Å². The van der Waals surface area contributed by atoms with E-state index in [1.54, 1.807) is 6.92 Å². The first-order valence-corrected chi connectivity index (χ1v) is 12.8. The predicted octanol–water partition coefficient (Wildman–Crippen LogP) is 4.42. The first kappa shape index (κ1) is 24.8. The Labute approximate surface area is 187 Å². The molecule has 4 nitrogen and oxygen atoms in total. The molecule has 2 aromatic rings. The largest absolute Gasteiger partial charge is 0.466 e. The van der Waals surface area contributed by atoms with Crippen LogP contribution < -0.4 is 10.4 Å². The lowest BCUT2D eigenvalue weighted by Gasteiger charge is -2.44. The molecular formula is C26H34O4Si. The topological polar surface area (TPSA) is 52.6 Å². The quantitative estimate of drug-likeness (QED) is 0.226. The van der Waals surface area contributed by atoms with Crippen molar-refractivity contribution in [2.45, 2.75) is 58.1 Å². The summed E-state index contributed by atoms with van der Waals surface area (Å²) in [5.41, 5.74) is 0. The summed E-state index contributed by atoms with van der Waals surface area (Å²) in [6.45, 7) is 8.85. The number of hydrogen-bond acceptors (Lipinski definition) is 4. The van der Waals surface area contributed by atoms with E-state index < -0.39 is 8.32 Å². The van der Waals surface area contributed by atoms with E-state index in [4.69, 9.17) is 9.16 Å². The molecule has 0 N–H and O–H groups in total. The highest BCUT2D eigenvalue weighted by atomic mass is 28.4. The predicted molar refractivity (Wildman–Crippen MR) is 128 cm³/mol. The Morgan fingerprint density at radius 2 is 1.55 bits per heavy atom. The third-order valence-electron chi connectivity index (χ3n) is 5.32. The average Bonchev–Trinajstić information content (AvgIpc) is 2.76. The second-order valence-corrected chi connectivity index (χ2v) is 12.8. The van der Waals surface area contributed by atoms with Crippen molar-refractivity contribution in [3.63, 3.8) is 0 Å². The Bertz CT molecular complexity index is 801. The highest BCUT2D eigenvalue weighted by Crippen LogP contribution is 2.38. The lowest BCUT2D eigenvalue weighted by atomic mass is 10.1. The number of carbonyl (C=O) groups is 2. The fraction of sp³-hybridized carbons (Fsp3) is 0.385. The zero-order valence-electron chi connectivity index (χ0n) is 19.0. The molecule has 1 atom stereocenters. The van der Waals surface area contributed by atoms with Gasteiger partial charge < -0.3 is 9.16 Å². The molecule has 0 heterocycles. The molecule has 1 unspecified atom stereocenters. The molecule has 0 radical (unpaired) electrons. The summed E-state index contributed by atoms with van der Waals surface area (Å²) in [6.07, 6.45) is 5.39. The van der Waals surface area contributed by atoms with E-state index in [1.807, 2.05) is 42.5 Å². The van der Waals surface area contributed by atoms with Crippen molar-refractivity contribution in [2.75, 3.05) is 6.61 Å². The molecule has 0 aliphatic heterocycles. The normalized spacial score (nSPS) is 13.2. The van der Waals surface area contributed by atoms with Crippen molar-refractivity contribution in [2.24, 2.45) is 0 Å². The van der Waals surface area contributed by atoms with Gasteiger partial charge in [-0.1, -0.05) is 87.5 Å². The molecular weight excluding hydrogens is 404 g/mol. The summed E-state index contributed by atoms with van der Waals surface area (Å²) in [7, 11) is -2.74. The summed E-state index contributed by atoms with van der Waals surface area (Å²) in [5.74, 6) is -0.203. The molecule has 2 aromatic carbocycles. The number of allylic oxidation sites excluding steroid dienone is 1. The first-order valence-electron chi connectivity index (χ1n) is 10.9.